The lowest BCUT2D eigenvalue weighted by Gasteiger charge is -2.05. The summed E-state index contributed by atoms with van der Waals surface area (Å²) in [6, 6.07) is 14.2. The van der Waals surface area contributed by atoms with Crippen LogP contribution in [0.5, 0.6) is 0 Å². The first kappa shape index (κ1) is 13.8. The van der Waals surface area contributed by atoms with Crippen LogP contribution in [0.3, 0.4) is 0 Å². The number of hydrogen-bond donors (Lipinski definition) is 1. The molecule has 0 aliphatic heterocycles. The molecule has 3 rings (SSSR count). The minimum absolute atomic E-state index is 0.294. The lowest BCUT2D eigenvalue weighted by atomic mass is 10.0. The van der Waals surface area contributed by atoms with Gasteiger partial charge in [0.15, 0.2) is 0 Å². The molecule has 106 valence electrons. The second kappa shape index (κ2) is 5.33. The number of rotatable bonds is 2. The Morgan fingerprint density at radius 3 is 2.48 bits per heavy atom. The van der Waals surface area contributed by atoms with Gasteiger partial charge in [-0.1, -0.05) is 40.2 Å². The number of aryl methyl sites for hydroxylation is 1. The topological polar surface area (TPSA) is 43.8 Å². The Morgan fingerprint density at radius 2 is 1.81 bits per heavy atom. The van der Waals surface area contributed by atoms with Gasteiger partial charge in [0.05, 0.1) is 5.56 Å². The minimum Gasteiger partial charge on any atom is -0.383 e. The average Bonchev–Trinajstić information content (AvgIpc) is 2.76. The Kier molecular flexibility index (Phi) is 3.51. The Balaban J connectivity index is 2.23. The molecule has 2 N–H and O–H groups in total. The van der Waals surface area contributed by atoms with Gasteiger partial charge in [-0.05, 0) is 29.8 Å². The summed E-state index contributed by atoms with van der Waals surface area (Å²) >= 11 is 3.41. The van der Waals surface area contributed by atoms with Gasteiger partial charge < -0.3 is 5.73 Å². The molecular weight excluding hydrogens is 333 g/mol. The second-order valence-corrected chi connectivity index (χ2v) is 5.67. The molecule has 21 heavy (non-hydrogen) atoms. The summed E-state index contributed by atoms with van der Waals surface area (Å²) in [6.45, 7) is 0. The van der Waals surface area contributed by atoms with Crippen LogP contribution in [0.4, 0.5) is 10.2 Å². The van der Waals surface area contributed by atoms with Crippen molar-refractivity contribution in [3.8, 4) is 22.4 Å². The lowest BCUT2D eigenvalue weighted by molar-refractivity contribution is 0.628. The van der Waals surface area contributed by atoms with Gasteiger partial charge in [-0.25, -0.2) is 4.39 Å². The highest BCUT2D eigenvalue weighted by Crippen LogP contribution is 2.36. The first-order chi connectivity index (χ1) is 10.1. The zero-order valence-electron chi connectivity index (χ0n) is 11.3. The third-order valence-electron chi connectivity index (χ3n) is 3.32. The van der Waals surface area contributed by atoms with E-state index in [1.807, 2.05) is 30.3 Å². The Hall–Kier alpha value is -2.14. The number of nitrogen functional groups attached to an aromatic ring is 1. The Labute approximate surface area is 130 Å². The van der Waals surface area contributed by atoms with Crippen molar-refractivity contribution in [2.75, 3.05) is 5.73 Å². The van der Waals surface area contributed by atoms with Crippen LogP contribution in [-0.2, 0) is 7.05 Å². The maximum absolute atomic E-state index is 13.5. The van der Waals surface area contributed by atoms with Gasteiger partial charge in [0.25, 0.3) is 0 Å². The Morgan fingerprint density at radius 1 is 1.10 bits per heavy atom. The summed E-state index contributed by atoms with van der Waals surface area (Å²) in [7, 11) is 1.78. The molecule has 0 aliphatic carbocycles. The third kappa shape index (κ3) is 2.56. The van der Waals surface area contributed by atoms with Crippen molar-refractivity contribution in [3.63, 3.8) is 0 Å². The highest BCUT2D eigenvalue weighted by molar-refractivity contribution is 9.10. The predicted molar refractivity (Wildman–Crippen MR) is 86.2 cm³/mol. The number of hydrogen-bond acceptors (Lipinski definition) is 2. The van der Waals surface area contributed by atoms with E-state index in [-0.39, 0.29) is 5.82 Å². The maximum Gasteiger partial charge on any atom is 0.129 e. The predicted octanol–water partition coefficient (Wildman–Crippen LogP) is 4.24. The highest BCUT2D eigenvalue weighted by atomic mass is 79.9. The van der Waals surface area contributed by atoms with Crippen molar-refractivity contribution < 1.29 is 4.39 Å². The monoisotopic (exact) mass is 345 g/mol. The molecule has 1 aromatic heterocycles. The molecule has 0 radical (unpaired) electrons. The second-order valence-electron chi connectivity index (χ2n) is 4.75. The number of halogens is 2. The molecule has 0 fully saturated rings. The van der Waals surface area contributed by atoms with E-state index in [0.29, 0.717) is 5.82 Å². The van der Waals surface area contributed by atoms with Crippen molar-refractivity contribution in [1.82, 2.24) is 9.78 Å². The minimum atomic E-state index is -0.294. The molecule has 0 saturated carbocycles. The quantitative estimate of drug-likeness (QED) is 0.754. The molecule has 0 bridgehead atoms. The van der Waals surface area contributed by atoms with Gasteiger partial charge in [-0.3, -0.25) is 4.68 Å². The normalized spacial score (nSPS) is 10.8. The summed E-state index contributed by atoms with van der Waals surface area (Å²) in [4.78, 5) is 0. The summed E-state index contributed by atoms with van der Waals surface area (Å²) in [5.74, 6) is 0.219. The molecule has 5 heteroatoms. The van der Waals surface area contributed by atoms with Crippen LogP contribution in [-0.4, -0.2) is 9.78 Å². The van der Waals surface area contributed by atoms with Gasteiger partial charge in [-0.2, -0.15) is 5.10 Å². The van der Waals surface area contributed by atoms with Crippen LogP contribution in [0.1, 0.15) is 0 Å². The molecule has 3 aromatic rings. The van der Waals surface area contributed by atoms with E-state index in [2.05, 4.69) is 21.0 Å². The molecule has 1 heterocycles. The molecule has 0 aliphatic rings. The number of benzene rings is 2. The molecule has 0 amide bonds. The average molecular weight is 346 g/mol. The lowest BCUT2D eigenvalue weighted by Crippen LogP contribution is -1.98. The molecule has 0 saturated heterocycles. The van der Waals surface area contributed by atoms with Crippen LogP contribution in [0, 0.1) is 5.82 Å². The smallest absolute Gasteiger partial charge is 0.129 e. The maximum atomic E-state index is 13.5. The van der Waals surface area contributed by atoms with E-state index in [1.165, 1.54) is 12.1 Å². The molecular formula is C16H13BrFN3. The van der Waals surface area contributed by atoms with Crippen LogP contribution < -0.4 is 5.73 Å². The van der Waals surface area contributed by atoms with E-state index in [4.69, 9.17) is 5.73 Å². The van der Waals surface area contributed by atoms with E-state index in [9.17, 15) is 4.39 Å². The van der Waals surface area contributed by atoms with E-state index >= 15 is 0 Å². The fourth-order valence-electron chi connectivity index (χ4n) is 2.28. The van der Waals surface area contributed by atoms with Crippen molar-refractivity contribution >= 4 is 21.7 Å². The number of aromatic nitrogens is 2. The third-order valence-corrected chi connectivity index (χ3v) is 3.85. The fraction of sp³-hybridized carbons (Fsp3) is 0.0625. The number of nitrogens with two attached hydrogens (primary N) is 1. The van der Waals surface area contributed by atoms with Crippen molar-refractivity contribution in [2.24, 2.45) is 7.05 Å². The van der Waals surface area contributed by atoms with Crippen molar-refractivity contribution in [1.29, 1.82) is 0 Å². The zero-order chi connectivity index (χ0) is 15.0. The van der Waals surface area contributed by atoms with Crippen LogP contribution in [0.15, 0.2) is 53.0 Å². The zero-order valence-corrected chi connectivity index (χ0v) is 12.9. The van der Waals surface area contributed by atoms with Crippen LogP contribution in [0.2, 0.25) is 0 Å². The van der Waals surface area contributed by atoms with Gasteiger partial charge in [0.1, 0.15) is 17.3 Å². The van der Waals surface area contributed by atoms with Crippen LogP contribution >= 0.6 is 15.9 Å². The number of nitrogens with zero attached hydrogens (tertiary/aromatic N) is 2. The summed E-state index contributed by atoms with van der Waals surface area (Å²) in [6.07, 6.45) is 0. The standard InChI is InChI=1S/C16H13BrFN3/c1-21-16(19)14(11-3-2-4-13(18)9-11)15(20-21)10-5-7-12(17)8-6-10/h2-9H,19H2,1H3. The van der Waals surface area contributed by atoms with Crippen molar-refractivity contribution in [3.05, 3.63) is 58.8 Å². The summed E-state index contributed by atoms with van der Waals surface area (Å²) in [5.41, 5.74) is 9.27. The summed E-state index contributed by atoms with van der Waals surface area (Å²) in [5, 5.41) is 4.47. The van der Waals surface area contributed by atoms with Gasteiger partial charge >= 0.3 is 0 Å². The number of anilines is 1. The largest absolute Gasteiger partial charge is 0.383 e. The molecule has 3 nitrogen and oxygen atoms in total. The fourth-order valence-corrected chi connectivity index (χ4v) is 2.54. The Bertz CT molecular complexity index is 794. The van der Waals surface area contributed by atoms with Gasteiger partial charge in [0, 0.05) is 17.1 Å². The molecule has 2 aromatic carbocycles. The molecule has 0 unspecified atom stereocenters. The highest BCUT2D eigenvalue weighted by Gasteiger charge is 2.17. The van der Waals surface area contributed by atoms with E-state index < -0.39 is 0 Å². The van der Waals surface area contributed by atoms with Gasteiger partial charge in [-0.15, -0.1) is 0 Å². The first-order valence-electron chi connectivity index (χ1n) is 6.40. The van der Waals surface area contributed by atoms with Crippen molar-refractivity contribution in [2.45, 2.75) is 0 Å². The summed E-state index contributed by atoms with van der Waals surface area (Å²) < 4.78 is 16.1. The van der Waals surface area contributed by atoms with Crippen LogP contribution in [0.25, 0.3) is 22.4 Å². The van der Waals surface area contributed by atoms with E-state index in [0.717, 1.165) is 26.9 Å². The van der Waals surface area contributed by atoms with Gasteiger partial charge in [0.2, 0.25) is 0 Å². The SMILES string of the molecule is Cn1nc(-c2ccc(Br)cc2)c(-c2cccc(F)c2)c1N. The first-order valence-corrected chi connectivity index (χ1v) is 7.20. The molecule has 0 spiro atoms. The molecule has 0 atom stereocenters. The van der Waals surface area contributed by atoms with E-state index in [1.54, 1.807) is 17.8 Å².